The normalized spacial score (nSPS) is 20.9. The third-order valence-electron chi connectivity index (χ3n) is 3.97. The van der Waals surface area contributed by atoms with Crippen LogP contribution in [0.2, 0.25) is 0 Å². The third kappa shape index (κ3) is 4.10. The highest BCUT2D eigenvalue weighted by atomic mass is 16.5. The van der Waals surface area contributed by atoms with Crippen molar-refractivity contribution in [2.45, 2.75) is 25.4 Å². The second kappa shape index (κ2) is 7.28. The molecule has 122 valence electrons. The zero-order valence-corrected chi connectivity index (χ0v) is 13.0. The van der Waals surface area contributed by atoms with Gasteiger partial charge in [0.1, 0.15) is 6.54 Å². The Hall–Kier alpha value is -2.34. The van der Waals surface area contributed by atoms with Gasteiger partial charge in [0.25, 0.3) is 0 Å². The number of carbonyl (C=O) groups is 2. The van der Waals surface area contributed by atoms with E-state index in [1.807, 2.05) is 36.4 Å². The number of nitrogens with one attached hydrogen (secondary N) is 2. The largest absolute Gasteiger partial charge is 0.376 e. The maximum atomic E-state index is 12.0. The molecule has 0 bridgehead atoms. The van der Waals surface area contributed by atoms with Gasteiger partial charge in [-0.25, -0.2) is 5.01 Å². The van der Waals surface area contributed by atoms with E-state index in [1.165, 1.54) is 5.01 Å². The van der Waals surface area contributed by atoms with Gasteiger partial charge in [-0.2, -0.15) is 0 Å². The van der Waals surface area contributed by atoms with Gasteiger partial charge in [-0.3, -0.25) is 15.0 Å². The Morgan fingerprint density at radius 1 is 1.35 bits per heavy atom. The molecule has 2 N–H and O–H groups in total. The molecule has 2 heterocycles. The van der Waals surface area contributed by atoms with Crippen LogP contribution in [0, 0.1) is 0 Å². The molecular weight excluding hydrogens is 294 g/mol. The fraction of sp³-hybridized carbons (Fsp3) is 0.412. The van der Waals surface area contributed by atoms with Crippen molar-refractivity contribution < 1.29 is 14.3 Å². The highest BCUT2D eigenvalue weighted by Crippen LogP contribution is 2.16. The predicted octanol–water partition coefficient (Wildman–Crippen LogP) is 1.06. The average molecular weight is 315 g/mol. The van der Waals surface area contributed by atoms with Crippen molar-refractivity contribution in [1.82, 2.24) is 15.8 Å². The number of amides is 2. The fourth-order valence-electron chi connectivity index (χ4n) is 2.71. The molecule has 0 aliphatic carbocycles. The minimum absolute atomic E-state index is 0.00424. The first-order chi connectivity index (χ1) is 11.2. The van der Waals surface area contributed by atoms with Crippen LogP contribution in [-0.2, 0) is 14.3 Å². The summed E-state index contributed by atoms with van der Waals surface area (Å²) in [5, 5.41) is 4.20. The van der Waals surface area contributed by atoms with Gasteiger partial charge >= 0.3 is 0 Å². The van der Waals surface area contributed by atoms with Crippen molar-refractivity contribution in [3.8, 4) is 0 Å². The number of ether oxygens (including phenoxy) is 1. The van der Waals surface area contributed by atoms with Crippen molar-refractivity contribution in [2.75, 3.05) is 19.7 Å². The Morgan fingerprint density at radius 2 is 2.17 bits per heavy atom. The molecule has 1 aromatic carbocycles. The lowest BCUT2D eigenvalue weighted by molar-refractivity contribution is -0.138. The number of hydrogen-bond donors (Lipinski definition) is 2. The molecular formula is C17H21N3O3. The monoisotopic (exact) mass is 315 g/mol. The van der Waals surface area contributed by atoms with Crippen molar-refractivity contribution >= 4 is 17.5 Å². The summed E-state index contributed by atoms with van der Waals surface area (Å²) in [6, 6.07) is 9.74. The van der Waals surface area contributed by atoms with E-state index < -0.39 is 0 Å². The van der Waals surface area contributed by atoms with Crippen LogP contribution in [0.3, 0.4) is 0 Å². The number of hydrazine groups is 1. The van der Waals surface area contributed by atoms with Crippen molar-refractivity contribution in [3.63, 3.8) is 0 Å². The van der Waals surface area contributed by atoms with Gasteiger partial charge < -0.3 is 10.1 Å². The van der Waals surface area contributed by atoms with Gasteiger partial charge in [0.15, 0.2) is 0 Å². The van der Waals surface area contributed by atoms with Crippen LogP contribution in [0.15, 0.2) is 36.4 Å². The van der Waals surface area contributed by atoms with E-state index in [2.05, 4.69) is 10.7 Å². The highest BCUT2D eigenvalue weighted by molar-refractivity contribution is 5.88. The average Bonchev–Trinajstić information content (AvgIpc) is 3.09. The van der Waals surface area contributed by atoms with E-state index >= 15 is 0 Å². The van der Waals surface area contributed by atoms with Crippen LogP contribution >= 0.6 is 0 Å². The topological polar surface area (TPSA) is 70.7 Å². The minimum Gasteiger partial charge on any atom is -0.376 e. The molecule has 1 saturated heterocycles. The summed E-state index contributed by atoms with van der Waals surface area (Å²) in [7, 11) is 0. The molecule has 6 heteroatoms. The lowest BCUT2D eigenvalue weighted by Gasteiger charge is -2.29. The van der Waals surface area contributed by atoms with Gasteiger partial charge in [-0.1, -0.05) is 30.3 Å². The van der Waals surface area contributed by atoms with Crippen LogP contribution in [0.5, 0.6) is 0 Å². The lowest BCUT2D eigenvalue weighted by Crippen LogP contribution is -2.50. The molecule has 2 aliphatic rings. The Bertz CT molecular complexity index is 594. The summed E-state index contributed by atoms with van der Waals surface area (Å²) in [5.74, 6) is -0.299. The molecule has 0 aromatic heterocycles. The summed E-state index contributed by atoms with van der Waals surface area (Å²) >= 11 is 0. The van der Waals surface area contributed by atoms with Crippen molar-refractivity contribution in [1.29, 1.82) is 0 Å². The molecule has 2 aliphatic heterocycles. The molecule has 1 atom stereocenters. The predicted molar refractivity (Wildman–Crippen MR) is 85.9 cm³/mol. The highest BCUT2D eigenvalue weighted by Gasteiger charge is 2.23. The second-order valence-corrected chi connectivity index (χ2v) is 5.72. The summed E-state index contributed by atoms with van der Waals surface area (Å²) < 4.78 is 5.47. The third-order valence-corrected chi connectivity index (χ3v) is 3.97. The lowest BCUT2D eigenvalue weighted by atomic mass is 10.1. The number of nitrogens with zero attached hydrogens (tertiary/aromatic N) is 1. The molecule has 6 nitrogen and oxygen atoms in total. The van der Waals surface area contributed by atoms with Crippen molar-refractivity contribution in [2.24, 2.45) is 0 Å². The number of rotatable bonds is 5. The molecule has 0 saturated carbocycles. The zero-order chi connectivity index (χ0) is 16.1. The van der Waals surface area contributed by atoms with E-state index in [0.29, 0.717) is 6.54 Å². The first kappa shape index (κ1) is 15.6. The quantitative estimate of drug-likeness (QED) is 0.852. The molecule has 3 rings (SSSR count). The van der Waals surface area contributed by atoms with E-state index in [9.17, 15) is 9.59 Å². The Balaban J connectivity index is 1.53. The Kier molecular flexibility index (Phi) is 4.92. The van der Waals surface area contributed by atoms with E-state index in [-0.39, 0.29) is 30.9 Å². The van der Waals surface area contributed by atoms with Gasteiger partial charge in [-0.15, -0.1) is 0 Å². The summed E-state index contributed by atoms with van der Waals surface area (Å²) in [6.07, 6.45) is 4.25. The number of hydrogen-bond acceptors (Lipinski definition) is 4. The van der Waals surface area contributed by atoms with Crippen LogP contribution in [0.4, 0.5) is 0 Å². The Morgan fingerprint density at radius 3 is 2.91 bits per heavy atom. The van der Waals surface area contributed by atoms with E-state index in [1.54, 1.807) is 0 Å². The maximum absolute atomic E-state index is 12.0. The van der Waals surface area contributed by atoms with Gasteiger partial charge in [0.2, 0.25) is 11.8 Å². The fourth-order valence-corrected chi connectivity index (χ4v) is 2.71. The standard InChI is InChI=1S/C17H21N3O3/c21-16(18-11-14-7-4-10-23-14)12-20-17(22)9-8-15(19-20)13-5-2-1-3-6-13/h1-3,5-6,8,14,19H,4,7,9-12H2,(H,18,21). The molecule has 0 spiro atoms. The first-order valence-electron chi connectivity index (χ1n) is 7.93. The SMILES string of the molecule is O=C(CN1NC(c2ccccc2)=CCC1=O)NCC1CCCO1. The summed E-state index contributed by atoms with van der Waals surface area (Å²) in [6.45, 7) is 1.26. The van der Waals surface area contributed by atoms with Gasteiger partial charge in [-0.05, 0) is 24.5 Å². The number of benzene rings is 1. The summed E-state index contributed by atoms with van der Waals surface area (Å²) in [4.78, 5) is 24.0. The van der Waals surface area contributed by atoms with Gasteiger partial charge in [0, 0.05) is 19.6 Å². The molecule has 1 fully saturated rings. The zero-order valence-electron chi connectivity index (χ0n) is 13.0. The molecule has 23 heavy (non-hydrogen) atoms. The van der Waals surface area contributed by atoms with Crippen molar-refractivity contribution in [3.05, 3.63) is 42.0 Å². The molecule has 0 radical (unpaired) electrons. The first-order valence-corrected chi connectivity index (χ1v) is 7.93. The molecule has 1 unspecified atom stereocenters. The Labute approximate surface area is 135 Å². The molecule has 2 amide bonds. The smallest absolute Gasteiger partial charge is 0.245 e. The van der Waals surface area contributed by atoms with Crippen LogP contribution < -0.4 is 10.7 Å². The minimum atomic E-state index is -0.185. The second-order valence-electron chi connectivity index (χ2n) is 5.72. The maximum Gasteiger partial charge on any atom is 0.245 e. The number of carbonyl (C=O) groups excluding carboxylic acids is 2. The van der Waals surface area contributed by atoms with Gasteiger partial charge in [0.05, 0.1) is 11.8 Å². The van der Waals surface area contributed by atoms with E-state index in [0.717, 1.165) is 30.7 Å². The van der Waals surface area contributed by atoms with Crippen LogP contribution in [0.25, 0.3) is 5.70 Å². The summed E-state index contributed by atoms with van der Waals surface area (Å²) in [5.41, 5.74) is 4.87. The molecule has 1 aromatic rings. The van der Waals surface area contributed by atoms with Crippen LogP contribution in [0.1, 0.15) is 24.8 Å². The van der Waals surface area contributed by atoms with Crippen LogP contribution in [-0.4, -0.2) is 42.6 Å². The van der Waals surface area contributed by atoms with E-state index in [4.69, 9.17) is 4.74 Å².